The number of thiol groups is 1. The van der Waals surface area contributed by atoms with Crippen LogP contribution in [0.2, 0.25) is 0 Å². The summed E-state index contributed by atoms with van der Waals surface area (Å²) in [5.41, 5.74) is 0. The molecule has 0 heterocycles. The zero-order valence-corrected chi connectivity index (χ0v) is 8.61. The van der Waals surface area contributed by atoms with Gasteiger partial charge in [0.15, 0.2) is 0 Å². The summed E-state index contributed by atoms with van der Waals surface area (Å²) in [6.07, 6.45) is 6.90. The lowest BCUT2D eigenvalue weighted by molar-refractivity contribution is 0.264. The van der Waals surface area contributed by atoms with Gasteiger partial charge < -0.3 is 0 Å². The van der Waals surface area contributed by atoms with Crippen molar-refractivity contribution in [3.8, 4) is 0 Å². The Morgan fingerprint density at radius 2 is 2.18 bits per heavy atom. The molecule has 0 N–H and O–H groups in total. The van der Waals surface area contributed by atoms with Crippen molar-refractivity contribution in [3.63, 3.8) is 0 Å². The van der Waals surface area contributed by atoms with Crippen molar-refractivity contribution in [1.82, 2.24) is 0 Å². The smallest absolute Gasteiger partial charge is 0.00195 e. The van der Waals surface area contributed by atoms with Crippen molar-refractivity contribution in [2.45, 2.75) is 51.2 Å². The maximum absolute atomic E-state index is 4.55. The maximum atomic E-state index is 4.55. The van der Waals surface area contributed by atoms with Gasteiger partial charge in [0.05, 0.1) is 0 Å². The van der Waals surface area contributed by atoms with Crippen LogP contribution in [0.3, 0.4) is 0 Å². The summed E-state index contributed by atoms with van der Waals surface area (Å²) >= 11 is 4.55. The minimum absolute atomic E-state index is 0.697. The van der Waals surface area contributed by atoms with Gasteiger partial charge in [-0.2, -0.15) is 12.6 Å². The summed E-state index contributed by atoms with van der Waals surface area (Å²) < 4.78 is 0. The molecule has 0 aliphatic heterocycles. The molecule has 1 fully saturated rings. The van der Waals surface area contributed by atoms with E-state index >= 15 is 0 Å². The quantitative estimate of drug-likeness (QED) is 0.605. The van der Waals surface area contributed by atoms with Gasteiger partial charge in [-0.05, 0) is 24.7 Å². The highest BCUT2D eigenvalue weighted by Gasteiger charge is 2.22. The van der Waals surface area contributed by atoms with Gasteiger partial charge in [0.2, 0.25) is 0 Å². The normalized spacial score (nSPS) is 35.2. The molecular weight excluding hydrogens is 152 g/mol. The van der Waals surface area contributed by atoms with E-state index in [1.54, 1.807) is 0 Å². The van der Waals surface area contributed by atoms with Gasteiger partial charge in [-0.15, -0.1) is 0 Å². The van der Waals surface area contributed by atoms with Crippen LogP contribution in [0.1, 0.15) is 46.0 Å². The minimum Gasteiger partial charge on any atom is -0.176 e. The van der Waals surface area contributed by atoms with E-state index < -0.39 is 0 Å². The van der Waals surface area contributed by atoms with Crippen LogP contribution in [0.15, 0.2) is 0 Å². The molecule has 0 saturated heterocycles. The summed E-state index contributed by atoms with van der Waals surface area (Å²) in [5.74, 6) is 1.89. The molecule has 0 aromatic carbocycles. The summed E-state index contributed by atoms with van der Waals surface area (Å²) in [7, 11) is 0. The second kappa shape index (κ2) is 4.39. The Balaban J connectivity index is 2.33. The van der Waals surface area contributed by atoms with Crippen molar-refractivity contribution in [1.29, 1.82) is 0 Å². The molecule has 11 heavy (non-hydrogen) atoms. The van der Waals surface area contributed by atoms with Crippen LogP contribution in [0, 0.1) is 11.8 Å². The van der Waals surface area contributed by atoms with Crippen molar-refractivity contribution in [3.05, 3.63) is 0 Å². The summed E-state index contributed by atoms with van der Waals surface area (Å²) in [6, 6.07) is 0. The molecular formula is C10H20S. The highest BCUT2D eigenvalue weighted by atomic mass is 32.1. The highest BCUT2D eigenvalue weighted by Crippen LogP contribution is 2.33. The molecule has 2 unspecified atom stereocenters. The van der Waals surface area contributed by atoms with Crippen LogP contribution in [-0.2, 0) is 0 Å². The van der Waals surface area contributed by atoms with Crippen LogP contribution < -0.4 is 0 Å². The average Bonchev–Trinajstić information content (AvgIpc) is 2.03. The fourth-order valence-electron chi connectivity index (χ4n) is 2.05. The fraction of sp³-hybridized carbons (Fsp3) is 1.00. The average molecular weight is 172 g/mol. The molecule has 1 rings (SSSR count). The molecule has 0 amide bonds. The third kappa shape index (κ3) is 2.70. The molecule has 0 aromatic rings. The first-order valence-electron chi connectivity index (χ1n) is 4.92. The third-order valence-corrected chi connectivity index (χ3v) is 3.60. The molecule has 3 atom stereocenters. The van der Waals surface area contributed by atoms with E-state index in [0.29, 0.717) is 5.25 Å². The van der Waals surface area contributed by atoms with Gasteiger partial charge in [-0.25, -0.2) is 0 Å². The minimum atomic E-state index is 0.697. The first-order chi connectivity index (χ1) is 5.24. The van der Waals surface area contributed by atoms with Crippen LogP contribution in [-0.4, -0.2) is 5.25 Å². The molecule has 0 aromatic heterocycles. The number of hydrogen-bond donors (Lipinski definition) is 1. The van der Waals surface area contributed by atoms with Crippen LogP contribution in [0.4, 0.5) is 0 Å². The van der Waals surface area contributed by atoms with E-state index in [1.165, 1.54) is 32.1 Å². The molecule has 0 nitrogen and oxygen atoms in total. The van der Waals surface area contributed by atoms with E-state index in [4.69, 9.17) is 0 Å². The Morgan fingerprint density at radius 1 is 1.45 bits per heavy atom. The molecule has 66 valence electrons. The zero-order chi connectivity index (χ0) is 8.27. The Hall–Kier alpha value is 0.350. The Morgan fingerprint density at radius 3 is 2.73 bits per heavy atom. The first kappa shape index (κ1) is 9.44. The Bertz CT molecular complexity index is 111. The van der Waals surface area contributed by atoms with Crippen molar-refractivity contribution < 1.29 is 0 Å². The second-order valence-corrected chi connectivity index (χ2v) is 4.70. The van der Waals surface area contributed by atoms with Crippen molar-refractivity contribution in [2.75, 3.05) is 0 Å². The predicted octanol–water partition coefficient (Wildman–Crippen LogP) is 3.52. The Labute approximate surface area is 76.2 Å². The lowest BCUT2D eigenvalue weighted by Gasteiger charge is -2.30. The zero-order valence-electron chi connectivity index (χ0n) is 7.71. The summed E-state index contributed by atoms with van der Waals surface area (Å²) in [5, 5.41) is 0.697. The van der Waals surface area contributed by atoms with Gasteiger partial charge in [0, 0.05) is 5.25 Å². The maximum Gasteiger partial charge on any atom is 0.00195 e. The molecule has 0 radical (unpaired) electrons. The number of rotatable bonds is 2. The SMILES string of the molecule is CC[C@@H](C)C1CCCC(S)C1. The monoisotopic (exact) mass is 172 g/mol. The van der Waals surface area contributed by atoms with Gasteiger partial charge in [-0.3, -0.25) is 0 Å². The predicted molar refractivity (Wildman–Crippen MR) is 54.2 cm³/mol. The van der Waals surface area contributed by atoms with Crippen LogP contribution in [0.25, 0.3) is 0 Å². The van der Waals surface area contributed by atoms with Crippen molar-refractivity contribution in [2.24, 2.45) is 11.8 Å². The van der Waals surface area contributed by atoms with Crippen molar-refractivity contribution >= 4 is 12.6 Å². The van der Waals surface area contributed by atoms with Gasteiger partial charge in [0.25, 0.3) is 0 Å². The standard InChI is InChI=1S/C10H20S/c1-3-8(2)9-5-4-6-10(11)7-9/h8-11H,3-7H2,1-2H3/t8-,9?,10?/m1/s1. The van der Waals surface area contributed by atoms with Crippen LogP contribution >= 0.6 is 12.6 Å². The van der Waals surface area contributed by atoms with E-state index in [9.17, 15) is 0 Å². The lowest BCUT2D eigenvalue weighted by Crippen LogP contribution is -2.20. The molecule has 1 heteroatoms. The first-order valence-corrected chi connectivity index (χ1v) is 5.43. The third-order valence-electron chi connectivity index (χ3n) is 3.14. The van der Waals surface area contributed by atoms with Gasteiger partial charge >= 0.3 is 0 Å². The van der Waals surface area contributed by atoms with Gasteiger partial charge in [0.1, 0.15) is 0 Å². The van der Waals surface area contributed by atoms with Crippen LogP contribution in [0.5, 0.6) is 0 Å². The molecule has 0 bridgehead atoms. The number of hydrogen-bond acceptors (Lipinski definition) is 1. The van der Waals surface area contributed by atoms with E-state index in [1.807, 2.05) is 0 Å². The fourth-order valence-corrected chi connectivity index (χ4v) is 2.50. The van der Waals surface area contributed by atoms with E-state index in [0.717, 1.165) is 11.8 Å². The molecule has 1 saturated carbocycles. The molecule has 0 spiro atoms. The van der Waals surface area contributed by atoms with E-state index in [-0.39, 0.29) is 0 Å². The Kier molecular flexibility index (Phi) is 3.77. The van der Waals surface area contributed by atoms with E-state index in [2.05, 4.69) is 26.5 Å². The summed E-state index contributed by atoms with van der Waals surface area (Å²) in [6.45, 7) is 4.68. The second-order valence-electron chi connectivity index (χ2n) is 3.97. The topological polar surface area (TPSA) is 0 Å². The highest BCUT2D eigenvalue weighted by molar-refractivity contribution is 7.80. The lowest BCUT2D eigenvalue weighted by atomic mass is 9.79. The van der Waals surface area contributed by atoms with Gasteiger partial charge in [-0.1, -0.05) is 33.1 Å². The molecule has 1 aliphatic rings. The largest absolute Gasteiger partial charge is 0.176 e. The summed E-state index contributed by atoms with van der Waals surface area (Å²) in [4.78, 5) is 0. The molecule has 1 aliphatic carbocycles.